The number of hydrogen-bond acceptors (Lipinski definition) is 3. The van der Waals surface area contributed by atoms with Crippen molar-refractivity contribution in [1.29, 1.82) is 0 Å². The van der Waals surface area contributed by atoms with Gasteiger partial charge in [-0.15, -0.1) is 0 Å². The molecule has 0 saturated heterocycles. The van der Waals surface area contributed by atoms with E-state index in [4.69, 9.17) is 4.98 Å². The monoisotopic (exact) mass is 481 g/mol. The highest BCUT2D eigenvalue weighted by atomic mass is 127. The van der Waals surface area contributed by atoms with Gasteiger partial charge in [0.25, 0.3) is 5.56 Å². The van der Waals surface area contributed by atoms with Gasteiger partial charge in [-0.2, -0.15) is 0 Å². The summed E-state index contributed by atoms with van der Waals surface area (Å²) in [5, 5.41) is 0.645. The lowest BCUT2D eigenvalue weighted by Crippen LogP contribution is -2.28. The highest BCUT2D eigenvalue weighted by molar-refractivity contribution is 14.1. The second kappa shape index (κ2) is 5.59. The Morgan fingerprint density at radius 1 is 1.17 bits per heavy atom. The van der Waals surface area contributed by atoms with Gasteiger partial charge in [0, 0.05) is 28.2 Å². The first kappa shape index (κ1) is 15.1. The fourth-order valence-corrected chi connectivity index (χ4v) is 4.68. The molecular weight excluding hydrogens is 469 g/mol. The van der Waals surface area contributed by atoms with E-state index in [1.165, 1.54) is 11.1 Å². The molecule has 0 N–H and O–H groups in total. The van der Waals surface area contributed by atoms with Crippen molar-refractivity contribution < 1.29 is 0 Å². The van der Waals surface area contributed by atoms with Crippen LogP contribution in [0.1, 0.15) is 11.1 Å². The molecule has 0 aliphatic carbocycles. The molecule has 0 saturated carbocycles. The topological polar surface area (TPSA) is 38.1 Å². The first-order chi connectivity index (χ1) is 11.0. The van der Waals surface area contributed by atoms with E-state index in [-0.39, 0.29) is 5.56 Å². The van der Waals surface area contributed by atoms with E-state index in [1.807, 2.05) is 12.1 Å². The first-order valence-electron chi connectivity index (χ1n) is 7.22. The fraction of sp³-hybridized carbons (Fsp3) is 0.176. The third kappa shape index (κ3) is 2.48. The van der Waals surface area contributed by atoms with Gasteiger partial charge >= 0.3 is 0 Å². The predicted octanol–water partition coefficient (Wildman–Crippen LogP) is 3.82. The van der Waals surface area contributed by atoms with Gasteiger partial charge in [0.1, 0.15) is 0 Å². The summed E-state index contributed by atoms with van der Waals surface area (Å²) in [6.07, 6.45) is 0. The van der Waals surface area contributed by atoms with Crippen LogP contribution in [0.3, 0.4) is 0 Å². The van der Waals surface area contributed by atoms with Gasteiger partial charge in [0.15, 0.2) is 0 Å². The van der Waals surface area contributed by atoms with E-state index in [0.29, 0.717) is 5.39 Å². The van der Waals surface area contributed by atoms with Crippen molar-refractivity contribution >= 4 is 55.4 Å². The minimum Gasteiger partial charge on any atom is -0.333 e. The van der Waals surface area contributed by atoms with Crippen molar-refractivity contribution in [1.82, 2.24) is 9.55 Å². The molecule has 1 aromatic heterocycles. The summed E-state index contributed by atoms with van der Waals surface area (Å²) in [5.41, 5.74) is 3.35. The Morgan fingerprint density at radius 2 is 1.83 bits per heavy atom. The van der Waals surface area contributed by atoms with E-state index in [1.54, 1.807) is 11.6 Å². The standard InChI is InChI=1S/C17H13BrIN3O/c1-21-16(23)13-6-12(18)7-14(19)15(13)20-17(21)22-8-10-4-2-3-5-11(10)9-22/h2-7H,8-9H2,1H3. The molecule has 2 aromatic carbocycles. The molecule has 2 heterocycles. The number of benzene rings is 2. The van der Waals surface area contributed by atoms with E-state index in [9.17, 15) is 4.79 Å². The Bertz CT molecular complexity index is 974. The number of anilines is 1. The molecular formula is C17H13BrIN3O. The molecule has 1 aliphatic heterocycles. The van der Waals surface area contributed by atoms with Crippen LogP contribution in [0, 0.1) is 3.57 Å². The van der Waals surface area contributed by atoms with Crippen LogP contribution < -0.4 is 10.5 Å². The Balaban J connectivity index is 1.89. The molecule has 0 unspecified atom stereocenters. The molecule has 0 spiro atoms. The van der Waals surface area contributed by atoms with E-state index in [2.05, 4.69) is 67.7 Å². The summed E-state index contributed by atoms with van der Waals surface area (Å²) in [7, 11) is 1.79. The number of hydrogen-bond donors (Lipinski definition) is 0. The van der Waals surface area contributed by atoms with Crippen LogP contribution in [-0.2, 0) is 20.1 Å². The summed E-state index contributed by atoms with van der Waals surface area (Å²) in [5.74, 6) is 0.721. The van der Waals surface area contributed by atoms with Crippen LogP contribution in [0.2, 0.25) is 0 Å². The number of nitrogens with zero attached hydrogens (tertiary/aromatic N) is 3. The van der Waals surface area contributed by atoms with Crippen molar-refractivity contribution in [2.45, 2.75) is 13.1 Å². The van der Waals surface area contributed by atoms with Crippen LogP contribution in [-0.4, -0.2) is 9.55 Å². The molecule has 1 aliphatic rings. The quantitative estimate of drug-likeness (QED) is 0.496. The zero-order chi connectivity index (χ0) is 16.1. The fourth-order valence-electron chi connectivity index (χ4n) is 3.05. The van der Waals surface area contributed by atoms with Gasteiger partial charge < -0.3 is 4.90 Å². The van der Waals surface area contributed by atoms with E-state index >= 15 is 0 Å². The second-order valence-corrected chi connectivity index (χ2v) is 7.76. The SMILES string of the molecule is Cn1c(N2Cc3ccccc3C2)nc2c(I)cc(Br)cc2c1=O. The molecule has 6 heteroatoms. The number of halogens is 2. The minimum atomic E-state index is -0.0137. The maximum atomic E-state index is 12.8. The first-order valence-corrected chi connectivity index (χ1v) is 9.09. The van der Waals surface area contributed by atoms with Gasteiger partial charge in [0.2, 0.25) is 5.95 Å². The summed E-state index contributed by atoms with van der Waals surface area (Å²) in [4.78, 5) is 19.7. The van der Waals surface area contributed by atoms with Gasteiger partial charge in [-0.05, 0) is 45.9 Å². The van der Waals surface area contributed by atoms with Gasteiger partial charge in [0.05, 0.1) is 10.9 Å². The van der Waals surface area contributed by atoms with E-state index < -0.39 is 0 Å². The average molecular weight is 482 g/mol. The lowest BCUT2D eigenvalue weighted by molar-refractivity contribution is 0.745. The Hall–Kier alpha value is -1.41. The molecule has 0 bridgehead atoms. The maximum absolute atomic E-state index is 12.8. The highest BCUT2D eigenvalue weighted by Crippen LogP contribution is 2.28. The minimum absolute atomic E-state index is 0.0137. The van der Waals surface area contributed by atoms with Crippen molar-refractivity contribution in [3.8, 4) is 0 Å². The zero-order valence-corrected chi connectivity index (χ0v) is 16.1. The van der Waals surface area contributed by atoms with Crippen LogP contribution in [0.4, 0.5) is 5.95 Å². The van der Waals surface area contributed by atoms with Crippen LogP contribution >= 0.6 is 38.5 Å². The predicted molar refractivity (Wildman–Crippen MR) is 104 cm³/mol. The Morgan fingerprint density at radius 3 is 2.48 bits per heavy atom. The molecule has 116 valence electrons. The zero-order valence-electron chi connectivity index (χ0n) is 12.4. The van der Waals surface area contributed by atoms with Crippen LogP contribution in [0.15, 0.2) is 45.7 Å². The molecule has 23 heavy (non-hydrogen) atoms. The molecule has 0 radical (unpaired) electrons. The van der Waals surface area contributed by atoms with Crippen molar-refractivity contribution in [3.05, 3.63) is 65.9 Å². The largest absolute Gasteiger partial charge is 0.333 e. The lowest BCUT2D eigenvalue weighted by atomic mass is 10.1. The molecule has 0 fully saturated rings. The molecule has 4 nitrogen and oxygen atoms in total. The number of rotatable bonds is 1. The molecule has 0 atom stereocenters. The second-order valence-electron chi connectivity index (χ2n) is 5.68. The third-order valence-electron chi connectivity index (χ3n) is 4.20. The highest BCUT2D eigenvalue weighted by Gasteiger charge is 2.23. The van der Waals surface area contributed by atoms with Crippen LogP contribution in [0.5, 0.6) is 0 Å². The molecule has 4 rings (SSSR count). The Kier molecular flexibility index (Phi) is 3.68. The van der Waals surface area contributed by atoms with E-state index in [0.717, 1.165) is 32.6 Å². The normalized spacial score (nSPS) is 13.6. The average Bonchev–Trinajstić information content (AvgIpc) is 2.95. The van der Waals surface area contributed by atoms with Gasteiger partial charge in [-0.3, -0.25) is 9.36 Å². The van der Waals surface area contributed by atoms with Crippen molar-refractivity contribution in [3.63, 3.8) is 0 Å². The Labute approximate surface area is 155 Å². The van der Waals surface area contributed by atoms with Crippen LogP contribution in [0.25, 0.3) is 10.9 Å². The third-order valence-corrected chi connectivity index (χ3v) is 5.48. The van der Waals surface area contributed by atoms with Gasteiger partial charge in [-0.1, -0.05) is 40.2 Å². The van der Waals surface area contributed by atoms with Gasteiger partial charge in [-0.25, -0.2) is 4.98 Å². The molecule has 3 aromatic rings. The number of fused-ring (bicyclic) bond motifs is 2. The molecule has 0 amide bonds. The smallest absolute Gasteiger partial charge is 0.262 e. The van der Waals surface area contributed by atoms with Crippen molar-refractivity contribution in [2.24, 2.45) is 7.05 Å². The number of aromatic nitrogens is 2. The lowest BCUT2D eigenvalue weighted by Gasteiger charge is -2.20. The summed E-state index contributed by atoms with van der Waals surface area (Å²) in [6, 6.07) is 12.2. The summed E-state index contributed by atoms with van der Waals surface area (Å²) in [6.45, 7) is 1.57. The van der Waals surface area contributed by atoms with Crippen molar-refractivity contribution in [2.75, 3.05) is 4.90 Å². The summed E-state index contributed by atoms with van der Waals surface area (Å²) < 4.78 is 3.52. The maximum Gasteiger partial charge on any atom is 0.262 e. The summed E-state index contributed by atoms with van der Waals surface area (Å²) >= 11 is 5.69.